The number of pyridine rings is 1. The van der Waals surface area contributed by atoms with Crippen molar-refractivity contribution in [2.45, 2.75) is 31.1 Å². The maximum atomic E-state index is 13.8. The van der Waals surface area contributed by atoms with Crippen LogP contribution in [0.5, 0.6) is 11.5 Å². The zero-order chi connectivity index (χ0) is 22.8. The lowest BCUT2D eigenvalue weighted by molar-refractivity contribution is -0.169. The minimum Gasteiger partial charge on any atom is -0.505 e. The van der Waals surface area contributed by atoms with Gasteiger partial charge in [-0.25, -0.2) is 4.98 Å². The standard InChI is InChI=1S/C24H21N3O5/c1-12(2)13-8-9-14-18(11-13)32-24(31)15-5-3-6-16(25)19(15)21(29)23(14,24)27-22(30)20-17(28)7-4-10-26-20/h3-12,28,31H,25H2,1-2H3,(H,27,30). The van der Waals surface area contributed by atoms with Crippen LogP contribution in [0, 0.1) is 0 Å². The number of nitrogens with zero attached hydrogens (tertiary/aromatic N) is 1. The number of Topliss-reactive ketones (excluding diaryl/α,β-unsaturated/α-hetero) is 1. The zero-order valence-electron chi connectivity index (χ0n) is 17.4. The Morgan fingerprint density at radius 3 is 2.66 bits per heavy atom. The summed E-state index contributed by atoms with van der Waals surface area (Å²) in [5, 5.41) is 24.6. The van der Waals surface area contributed by atoms with E-state index in [-0.39, 0.29) is 39.9 Å². The van der Waals surface area contributed by atoms with E-state index in [1.165, 1.54) is 18.3 Å². The van der Waals surface area contributed by atoms with Gasteiger partial charge in [-0.15, -0.1) is 0 Å². The molecule has 0 radical (unpaired) electrons. The van der Waals surface area contributed by atoms with Crippen LogP contribution in [-0.2, 0) is 11.3 Å². The van der Waals surface area contributed by atoms with Crippen LogP contribution in [-0.4, -0.2) is 26.9 Å². The van der Waals surface area contributed by atoms with Crippen molar-refractivity contribution >= 4 is 17.4 Å². The minimum atomic E-state index is -2.23. The van der Waals surface area contributed by atoms with E-state index in [1.807, 2.05) is 19.9 Å². The summed E-state index contributed by atoms with van der Waals surface area (Å²) in [6.45, 7) is 4.02. The third kappa shape index (κ3) is 2.38. The molecule has 1 amide bonds. The molecule has 0 bridgehead atoms. The van der Waals surface area contributed by atoms with Gasteiger partial charge in [0.05, 0.1) is 5.56 Å². The lowest BCUT2D eigenvalue weighted by Gasteiger charge is -2.34. The molecule has 2 aliphatic rings. The molecular weight excluding hydrogens is 410 g/mol. The first-order valence-electron chi connectivity index (χ1n) is 10.2. The number of nitrogen functional groups attached to an aromatic ring is 1. The number of hydrogen-bond donors (Lipinski definition) is 4. The number of fused-ring (bicyclic) bond motifs is 5. The average molecular weight is 431 g/mol. The van der Waals surface area contributed by atoms with Gasteiger partial charge < -0.3 is 26.0 Å². The molecule has 8 nitrogen and oxygen atoms in total. The van der Waals surface area contributed by atoms with E-state index in [0.29, 0.717) is 5.56 Å². The Morgan fingerprint density at radius 2 is 1.94 bits per heavy atom. The Bertz CT molecular complexity index is 1300. The van der Waals surface area contributed by atoms with Crippen molar-refractivity contribution in [1.29, 1.82) is 0 Å². The summed E-state index contributed by atoms with van der Waals surface area (Å²) in [6, 6.07) is 12.7. The van der Waals surface area contributed by atoms with Crippen molar-refractivity contribution < 1.29 is 24.5 Å². The van der Waals surface area contributed by atoms with Gasteiger partial charge in [-0.05, 0) is 35.7 Å². The molecule has 2 heterocycles. The Labute approximate surface area is 183 Å². The highest BCUT2D eigenvalue weighted by atomic mass is 16.6. The van der Waals surface area contributed by atoms with Crippen LogP contribution in [0.25, 0.3) is 0 Å². The first-order valence-corrected chi connectivity index (χ1v) is 10.2. The molecule has 0 spiro atoms. The molecule has 0 fully saturated rings. The number of benzene rings is 2. The van der Waals surface area contributed by atoms with Crippen molar-refractivity contribution in [3.8, 4) is 11.5 Å². The van der Waals surface area contributed by atoms with Gasteiger partial charge in [-0.3, -0.25) is 9.59 Å². The van der Waals surface area contributed by atoms with E-state index < -0.39 is 23.0 Å². The van der Waals surface area contributed by atoms with Gasteiger partial charge in [0.15, 0.2) is 5.69 Å². The van der Waals surface area contributed by atoms with Crippen LogP contribution in [0.4, 0.5) is 5.69 Å². The van der Waals surface area contributed by atoms with Crippen LogP contribution in [0.1, 0.15) is 57.3 Å². The number of nitrogens with one attached hydrogen (secondary N) is 1. The van der Waals surface area contributed by atoms with Crippen molar-refractivity contribution in [3.63, 3.8) is 0 Å². The monoisotopic (exact) mass is 431 g/mol. The second-order valence-corrected chi connectivity index (χ2v) is 8.33. The largest absolute Gasteiger partial charge is 0.505 e. The van der Waals surface area contributed by atoms with Gasteiger partial charge >= 0.3 is 0 Å². The molecule has 1 aliphatic heterocycles. The van der Waals surface area contributed by atoms with Gasteiger partial charge in [0.2, 0.25) is 11.3 Å². The fourth-order valence-corrected chi connectivity index (χ4v) is 4.55. The number of nitrogens with two attached hydrogens (primary N) is 1. The predicted octanol–water partition coefficient (Wildman–Crippen LogP) is 2.55. The number of ketones is 1. The summed E-state index contributed by atoms with van der Waals surface area (Å²) in [7, 11) is 0. The number of anilines is 1. The first kappa shape index (κ1) is 20.0. The Hall–Kier alpha value is -3.91. The molecule has 5 rings (SSSR count). The SMILES string of the molecule is CC(C)c1ccc2c(c1)OC1(O)c3cccc(N)c3C(=O)C21NC(=O)c1ncccc1O. The van der Waals surface area contributed by atoms with Gasteiger partial charge in [-0.2, -0.15) is 0 Å². The molecule has 32 heavy (non-hydrogen) atoms. The molecule has 1 aliphatic carbocycles. The highest BCUT2D eigenvalue weighted by Crippen LogP contribution is 2.59. The Kier molecular flexibility index (Phi) is 4.09. The summed E-state index contributed by atoms with van der Waals surface area (Å²) in [5.74, 6) is -3.58. The number of carbonyl (C=O) groups is 2. The molecule has 2 atom stereocenters. The van der Waals surface area contributed by atoms with Crippen molar-refractivity contribution in [2.24, 2.45) is 0 Å². The fraction of sp³-hybridized carbons (Fsp3) is 0.208. The van der Waals surface area contributed by atoms with Crippen molar-refractivity contribution in [2.75, 3.05) is 5.73 Å². The number of aliphatic hydroxyl groups is 1. The van der Waals surface area contributed by atoms with Crippen molar-refractivity contribution in [3.05, 3.63) is 82.7 Å². The Balaban J connectivity index is 1.75. The normalized spacial score (nSPS) is 22.8. The van der Waals surface area contributed by atoms with Crippen LogP contribution in [0.15, 0.2) is 54.7 Å². The molecule has 0 saturated carbocycles. The van der Waals surface area contributed by atoms with E-state index in [9.17, 15) is 19.8 Å². The average Bonchev–Trinajstić information content (AvgIpc) is 3.11. The maximum absolute atomic E-state index is 13.8. The van der Waals surface area contributed by atoms with E-state index in [1.54, 1.807) is 30.3 Å². The summed E-state index contributed by atoms with van der Waals surface area (Å²) in [5.41, 5.74) is 5.44. The summed E-state index contributed by atoms with van der Waals surface area (Å²) < 4.78 is 6.01. The molecular formula is C24H21N3O5. The molecule has 1 aromatic heterocycles. The molecule has 3 aromatic rings. The highest BCUT2D eigenvalue weighted by molar-refractivity contribution is 6.16. The van der Waals surface area contributed by atoms with Crippen molar-refractivity contribution in [1.82, 2.24) is 10.3 Å². The second-order valence-electron chi connectivity index (χ2n) is 8.33. The number of amides is 1. The Morgan fingerprint density at radius 1 is 1.16 bits per heavy atom. The number of carbonyl (C=O) groups excluding carboxylic acids is 2. The van der Waals surface area contributed by atoms with E-state index in [2.05, 4.69) is 10.3 Å². The van der Waals surface area contributed by atoms with Gasteiger partial charge in [0.1, 0.15) is 11.5 Å². The molecule has 8 heteroatoms. The fourth-order valence-electron chi connectivity index (χ4n) is 4.55. The quantitative estimate of drug-likeness (QED) is 0.468. The summed E-state index contributed by atoms with van der Waals surface area (Å²) >= 11 is 0. The third-order valence-corrected chi connectivity index (χ3v) is 6.17. The molecule has 2 unspecified atom stereocenters. The maximum Gasteiger partial charge on any atom is 0.274 e. The lowest BCUT2D eigenvalue weighted by Crippen LogP contribution is -2.60. The molecule has 162 valence electrons. The number of aromatic hydroxyl groups is 1. The number of ether oxygens (including phenoxy) is 1. The molecule has 2 aromatic carbocycles. The molecule has 0 saturated heterocycles. The first-order chi connectivity index (χ1) is 15.2. The van der Waals surface area contributed by atoms with Crippen LogP contribution in [0.3, 0.4) is 0 Å². The predicted molar refractivity (Wildman–Crippen MR) is 115 cm³/mol. The minimum absolute atomic E-state index is 0.0825. The highest BCUT2D eigenvalue weighted by Gasteiger charge is 2.72. The topological polar surface area (TPSA) is 135 Å². The van der Waals surface area contributed by atoms with Gasteiger partial charge in [0, 0.05) is 23.0 Å². The van der Waals surface area contributed by atoms with E-state index in [0.717, 1.165) is 5.56 Å². The summed E-state index contributed by atoms with van der Waals surface area (Å²) in [6.07, 6.45) is 1.34. The lowest BCUT2D eigenvalue weighted by atomic mass is 9.82. The number of aromatic nitrogens is 1. The zero-order valence-corrected chi connectivity index (χ0v) is 17.4. The second kappa shape index (κ2) is 6.54. The van der Waals surface area contributed by atoms with E-state index in [4.69, 9.17) is 10.5 Å². The number of hydrogen-bond acceptors (Lipinski definition) is 7. The van der Waals surface area contributed by atoms with Crippen LogP contribution >= 0.6 is 0 Å². The summed E-state index contributed by atoms with van der Waals surface area (Å²) in [4.78, 5) is 30.9. The van der Waals surface area contributed by atoms with E-state index >= 15 is 0 Å². The smallest absolute Gasteiger partial charge is 0.274 e. The van der Waals surface area contributed by atoms with Gasteiger partial charge in [-0.1, -0.05) is 38.1 Å². The van der Waals surface area contributed by atoms with Crippen LogP contribution in [0.2, 0.25) is 0 Å². The van der Waals surface area contributed by atoms with Gasteiger partial charge in [0.25, 0.3) is 11.7 Å². The number of rotatable bonds is 3. The third-order valence-electron chi connectivity index (χ3n) is 6.17. The molecule has 5 N–H and O–H groups in total. The van der Waals surface area contributed by atoms with Crippen LogP contribution < -0.4 is 15.8 Å².